The molecule has 4 rings (SSSR count). The summed E-state index contributed by atoms with van der Waals surface area (Å²) in [6.45, 7) is 1.93. The number of pyridine rings is 1. The van der Waals surface area contributed by atoms with Crippen LogP contribution in [0, 0.1) is 12.8 Å². The summed E-state index contributed by atoms with van der Waals surface area (Å²) in [4.78, 5) is 45.7. The van der Waals surface area contributed by atoms with Crippen molar-refractivity contribution >= 4 is 17.5 Å². The van der Waals surface area contributed by atoms with Gasteiger partial charge in [-0.15, -0.1) is 0 Å². The lowest BCUT2D eigenvalue weighted by Crippen LogP contribution is -2.30. The molecule has 2 heterocycles. The molecule has 2 unspecified atom stereocenters. The van der Waals surface area contributed by atoms with Gasteiger partial charge < -0.3 is 14.4 Å². The van der Waals surface area contributed by atoms with Crippen LogP contribution in [0.1, 0.15) is 33.1 Å². The molecule has 33 heavy (non-hydrogen) atoms. The summed E-state index contributed by atoms with van der Waals surface area (Å²) in [6, 6.07) is 15.0. The van der Waals surface area contributed by atoms with E-state index in [-0.39, 0.29) is 6.54 Å². The maximum Gasteiger partial charge on any atom is 0.291 e. The predicted molar refractivity (Wildman–Crippen MR) is 121 cm³/mol. The van der Waals surface area contributed by atoms with Gasteiger partial charge in [0.25, 0.3) is 5.91 Å². The molecule has 0 bridgehead atoms. The van der Waals surface area contributed by atoms with E-state index in [4.69, 9.17) is 9.47 Å². The first-order valence-corrected chi connectivity index (χ1v) is 10.5. The summed E-state index contributed by atoms with van der Waals surface area (Å²) in [5.74, 6) is -1.91. The number of ketones is 2. The minimum Gasteiger partial charge on any atom is -0.497 e. The normalized spacial score (nSPS) is 17.8. The minimum atomic E-state index is -1.20. The summed E-state index contributed by atoms with van der Waals surface area (Å²) in [6.07, 6.45) is 3.27. The van der Waals surface area contributed by atoms with Crippen molar-refractivity contribution in [2.75, 3.05) is 14.2 Å². The van der Waals surface area contributed by atoms with Gasteiger partial charge in [0.1, 0.15) is 17.4 Å². The van der Waals surface area contributed by atoms with Crippen LogP contribution in [0.4, 0.5) is 0 Å². The molecule has 2 atom stereocenters. The molecule has 0 aliphatic carbocycles. The molecule has 0 spiro atoms. The number of Topliss-reactive ketones (excluding diaryl/α,β-unsaturated/α-hetero) is 2. The van der Waals surface area contributed by atoms with Crippen molar-refractivity contribution in [2.24, 2.45) is 5.92 Å². The smallest absolute Gasteiger partial charge is 0.291 e. The highest BCUT2D eigenvalue weighted by Crippen LogP contribution is 2.42. The molecule has 7 heteroatoms. The van der Waals surface area contributed by atoms with Gasteiger partial charge in [0, 0.05) is 30.1 Å². The Labute approximate surface area is 192 Å². The molecule has 1 fully saturated rings. The molecule has 1 aliphatic heterocycles. The molecule has 7 nitrogen and oxygen atoms in total. The zero-order valence-electron chi connectivity index (χ0n) is 18.6. The van der Waals surface area contributed by atoms with E-state index in [1.54, 1.807) is 75.0 Å². The number of hydrogen-bond acceptors (Lipinski definition) is 6. The van der Waals surface area contributed by atoms with Gasteiger partial charge in [0.05, 0.1) is 20.3 Å². The van der Waals surface area contributed by atoms with Crippen LogP contribution >= 0.6 is 0 Å². The van der Waals surface area contributed by atoms with E-state index in [9.17, 15) is 14.4 Å². The number of nitrogens with zero attached hydrogens (tertiary/aromatic N) is 2. The Bertz CT molecular complexity index is 1210. The summed E-state index contributed by atoms with van der Waals surface area (Å²) < 4.78 is 10.8. The summed E-state index contributed by atoms with van der Waals surface area (Å²) in [7, 11) is 3.07. The number of rotatable bonds is 7. The van der Waals surface area contributed by atoms with Crippen molar-refractivity contribution in [3.05, 3.63) is 89.2 Å². The Morgan fingerprint density at radius 1 is 1.03 bits per heavy atom. The maximum absolute atomic E-state index is 13.7. The van der Waals surface area contributed by atoms with Gasteiger partial charge >= 0.3 is 0 Å². The van der Waals surface area contributed by atoms with Crippen molar-refractivity contribution in [1.29, 1.82) is 0 Å². The van der Waals surface area contributed by atoms with E-state index in [2.05, 4.69) is 4.98 Å². The van der Waals surface area contributed by atoms with Crippen LogP contribution in [0.2, 0.25) is 0 Å². The van der Waals surface area contributed by atoms with Crippen molar-refractivity contribution in [1.82, 2.24) is 9.88 Å². The number of hydrogen-bond donors (Lipinski definition) is 0. The zero-order chi connectivity index (χ0) is 23.5. The van der Waals surface area contributed by atoms with E-state index in [0.717, 1.165) is 5.56 Å². The summed E-state index contributed by atoms with van der Waals surface area (Å²) >= 11 is 0. The number of ether oxygens (including phenoxy) is 2. The minimum absolute atomic E-state index is 0.145. The number of benzene rings is 2. The lowest BCUT2D eigenvalue weighted by atomic mass is 9.84. The number of carbonyl (C=O) groups excluding carboxylic acids is 3. The Balaban J connectivity index is 1.82. The molecule has 2 aromatic carbocycles. The highest BCUT2D eigenvalue weighted by Gasteiger charge is 2.52. The number of aromatic nitrogens is 1. The number of carbonyl (C=O) groups is 3. The summed E-state index contributed by atoms with van der Waals surface area (Å²) in [5.41, 5.74) is 2.41. The first-order valence-electron chi connectivity index (χ1n) is 10.5. The summed E-state index contributed by atoms with van der Waals surface area (Å²) in [5, 5.41) is 0. The fourth-order valence-corrected chi connectivity index (χ4v) is 4.31. The van der Waals surface area contributed by atoms with Crippen LogP contribution in [0.25, 0.3) is 0 Å². The maximum atomic E-state index is 13.7. The Morgan fingerprint density at radius 2 is 1.82 bits per heavy atom. The molecule has 3 aromatic rings. The number of para-hydroxylation sites is 1. The Morgan fingerprint density at radius 3 is 2.48 bits per heavy atom. The second-order valence-electron chi connectivity index (χ2n) is 7.87. The van der Waals surface area contributed by atoms with Gasteiger partial charge in [-0.05, 0) is 48.4 Å². The van der Waals surface area contributed by atoms with Gasteiger partial charge in [-0.3, -0.25) is 19.4 Å². The molecule has 168 valence electrons. The SMILES string of the molecule is COc1ccc(C(=O)C2C(=O)C(=O)N(Cc3cccnc3)C2c2ccccc2OC)c(C)c1. The number of likely N-dealkylation sites (tertiary alicyclic amines) is 1. The van der Waals surface area contributed by atoms with Crippen LogP contribution in [-0.2, 0) is 16.1 Å². The van der Waals surface area contributed by atoms with Gasteiger partial charge in [-0.25, -0.2) is 0 Å². The Kier molecular flexibility index (Phi) is 6.22. The Hall–Kier alpha value is -4.00. The van der Waals surface area contributed by atoms with Crippen molar-refractivity contribution in [3.8, 4) is 11.5 Å². The number of amides is 1. The quantitative estimate of drug-likeness (QED) is 0.315. The largest absolute Gasteiger partial charge is 0.497 e. The van der Waals surface area contributed by atoms with Crippen LogP contribution in [-0.4, -0.2) is 41.6 Å². The topological polar surface area (TPSA) is 85.8 Å². The van der Waals surface area contributed by atoms with Crippen molar-refractivity contribution in [3.63, 3.8) is 0 Å². The lowest BCUT2D eigenvalue weighted by Gasteiger charge is -2.28. The number of aryl methyl sites for hydroxylation is 1. The molecule has 0 N–H and O–H groups in total. The highest BCUT2D eigenvalue weighted by atomic mass is 16.5. The first-order chi connectivity index (χ1) is 16.0. The molecular formula is C26H24N2O5. The fourth-order valence-electron chi connectivity index (χ4n) is 4.31. The van der Waals surface area contributed by atoms with Crippen LogP contribution in [0.15, 0.2) is 67.0 Å². The third-order valence-electron chi connectivity index (χ3n) is 5.92. The van der Waals surface area contributed by atoms with Gasteiger partial charge in [0.2, 0.25) is 5.78 Å². The highest BCUT2D eigenvalue weighted by molar-refractivity contribution is 6.44. The molecule has 1 aromatic heterocycles. The predicted octanol–water partition coefficient (Wildman–Crippen LogP) is 3.56. The van der Waals surface area contributed by atoms with Crippen LogP contribution < -0.4 is 9.47 Å². The third-order valence-corrected chi connectivity index (χ3v) is 5.92. The monoisotopic (exact) mass is 444 g/mol. The van der Waals surface area contributed by atoms with E-state index >= 15 is 0 Å². The van der Waals surface area contributed by atoms with Gasteiger partial charge in [-0.1, -0.05) is 24.3 Å². The van der Waals surface area contributed by atoms with E-state index in [1.807, 2.05) is 6.07 Å². The van der Waals surface area contributed by atoms with E-state index < -0.39 is 29.4 Å². The van der Waals surface area contributed by atoms with Gasteiger partial charge in [0.15, 0.2) is 5.78 Å². The average Bonchev–Trinajstić information content (AvgIpc) is 3.09. The van der Waals surface area contributed by atoms with Crippen molar-refractivity contribution in [2.45, 2.75) is 19.5 Å². The van der Waals surface area contributed by atoms with E-state index in [1.165, 1.54) is 12.0 Å². The van der Waals surface area contributed by atoms with Crippen LogP contribution in [0.5, 0.6) is 11.5 Å². The second kappa shape index (κ2) is 9.24. The second-order valence-corrected chi connectivity index (χ2v) is 7.87. The van der Waals surface area contributed by atoms with E-state index in [0.29, 0.717) is 28.2 Å². The zero-order valence-corrected chi connectivity index (χ0v) is 18.6. The molecule has 1 saturated heterocycles. The van der Waals surface area contributed by atoms with Crippen LogP contribution in [0.3, 0.4) is 0 Å². The standard InChI is InChI=1S/C26H24N2O5/c1-16-13-18(32-2)10-11-19(16)24(29)22-23(20-8-4-5-9-21(20)33-3)28(26(31)25(22)30)15-17-7-6-12-27-14-17/h4-14,22-23H,15H2,1-3H3. The molecule has 0 radical (unpaired) electrons. The van der Waals surface area contributed by atoms with Gasteiger partial charge in [-0.2, -0.15) is 0 Å². The number of methoxy groups -OCH3 is 2. The average molecular weight is 444 g/mol. The third kappa shape index (κ3) is 4.09. The first kappa shape index (κ1) is 22.2. The lowest BCUT2D eigenvalue weighted by molar-refractivity contribution is -0.141. The van der Waals surface area contributed by atoms with Crippen molar-refractivity contribution < 1.29 is 23.9 Å². The molecular weight excluding hydrogens is 420 g/mol. The fraction of sp³-hybridized carbons (Fsp3) is 0.231. The molecule has 1 aliphatic rings. The molecule has 1 amide bonds. The molecule has 0 saturated carbocycles.